The van der Waals surface area contributed by atoms with Gasteiger partial charge in [0.15, 0.2) is 0 Å². The first-order chi connectivity index (χ1) is 17.0. The van der Waals surface area contributed by atoms with E-state index in [1.165, 1.54) is 31.8 Å². The molecule has 0 radical (unpaired) electrons. The highest BCUT2D eigenvalue weighted by Gasteiger charge is 2.73. The highest BCUT2D eigenvalue weighted by Crippen LogP contribution is 2.75. The van der Waals surface area contributed by atoms with Crippen LogP contribution in [-0.4, -0.2) is 45.7 Å². The lowest BCUT2D eigenvalue weighted by Crippen LogP contribution is -2.74. The van der Waals surface area contributed by atoms with Gasteiger partial charge in [-0.25, -0.2) is 0 Å². The van der Waals surface area contributed by atoms with Gasteiger partial charge in [0.1, 0.15) is 12.2 Å². The van der Waals surface area contributed by atoms with Crippen molar-refractivity contribution in [1.82, 2.24) is 0 Å². The summed E-state index contributed by atoms with van der Waals surface area (Å²) in [6.45, 7) is 19.7. The third kappa shape index (κ3) is 3.35. The zero-order valence-corrected chi connectivity index (χ0v) is 24.7. The van der Waals surface area contributed by atoms with Gasteiger partial charge in [-0.15, -0.1) is 0 Å². The van der Waals surface area contributed by atoms with E-state index >= 15 is 0 Å². The Bertz CT molecular complexity index is 988. The Kier molecular flexibility index (Phi) is 6.20. The number of fused-ring (bicyclic) bond motifs is 7. The monoisotopic (exact) mass is 516 g/mol. The van der Waals surface area contributed by atoms with Crippen LogP contribution >= 0.6 is 0 Å². The molecule has 0 amide bonds. The second-order valence-corrected chi connectivity index (χ2v) is 15.6. The van der Waals surface area contributed by atoms with Crippen molar-refractivity contribution in [3.8, 4) is 0 Å². The highest BCUT2D eigenvalue weighted by molar-refractivity contribution is 5.66. The Morgan fingerprint density at radius 3 is 2.22 bits per heavy atom. The number of ether oxygens (including phenoxy) is 1. The van der Waals surface area contributed by atoms with Crippen LogP contribution in [0.25, 0.3) is 0 Å². The van der Waals surface area contributed by atoms with Crippen molar-refractivity contribution in [3.05, 3.63) is 11.6 Å². The number of allylic oxidation sites excluding steroid dienone is 1. The van der Waals surface area contributed by atoms with E-state index < -0.39 is 41.2 Å². The van der Waals surface area contributed by atoms with Gasteiger partial charge in [0.05, 0.1) is 12.2 Å². The second kappa shape index (κ2) is 8.30. The van der Waals surface area contributed by atoms with Crippen molar-refractivity contribution in [2.24, 2.45) is 56.7 Å². The predicted molar refractivity (Wildman–Crippen MR) is 144 cm³/mol. The van der Waals surface area contributed by atoms with Crippen molar-refractivity contribution in [2.45, 2.75) is 125 Å². The van der Waals surface area contributed by atoms with Crippen LogP contribution in [0.4, 0.5) is 0 Å². The summed E-state index contributed by atoms with van der Waals surface area (Å²) in [4.78, 5) is 12.0. The number of aliphatic hydroxyl groups excluding tert-OH is 3. The summed E-state index contributed by atoms with van der Waals surface area (Å²) in [7, 11) is 0. The van der Waals surface area contributed by atoms with E-state index in [0.29, 0.717) is 17.8 Å². The minimum absolute atomic E-state index is 0.00323. The maximum atomic E-state index is 12.1. The van der Waals surface area contributed by atoms with Crippen molar-refractivity contribution in [2.75, 3.05) is 0 Å². The van der Waals surface area contributed by atoms with Gasteiger partial charge in [-0.05, 0) is 78.4 Å². The molecule has 0 bridgehead atoms. The molecule has 0 aliphatic heterocycles. The third-order valence-electron chi connectivity index (χ3n) is 13.7. The molecule has 5 rings (SSSR count). The number of carbonyl (C=O) groups excluding carboxylic acids is 1. The van der Waals surface area contributed by atoms with Gasteiger partial charge in [0.25, 0.3) is 0 Å². The third-order valence-corrected chi connectivity index (χ3v) is 13.7. The maximum absolute atomic E-state index is 12.1. The van der Waals surface area contributed by atoms with Crippen LogP contribution in [0.3, 0.4) is 0 Å². The molecule has 5 heteroatoms. The maximum Gasteiger partial charge on any atom is 0.303 e. The summed E-state index contributed by atoms with van der Waals surface area (Å²) in [5.41, 5.74) is 0.209. The average molecular weight is 517 g/mol. The van der Waals surface area contributed by atoms with Crippen LogP contribution in [0.15, 0.2) is 11.6 Å². The van der Waals surface area contributed by atoms with Crippen LogP contribution in [0.2, 0.25) is 0 Å². The van der Waals surface area contributed by atoms with E-state index in [0.717, 1.165) is 19.3 Å². The molecule has 4 fully saturated rings. The van der Waals surface area contributed by atoms with Gasteiger partial charge in [-0.2, -0.15) is 0 Å². The highest BCUT2D eigenvalue weighted by atomic mass is 16.6. The minimum atomic E-state index is -1.19. The molecule has 37 heavy (non-hydrogen) atoms. The Balaban J connectivity index is 1.64. The van der Waals surface area contributed by atoms with E-state index in [1.54, 1.807) is 0 Å². The molecule has 5 aliphatic rings. The van der Waals surface area contributed by atoms with Crippen molar-refractivity contribution < 1.29 is 24.9 Å². The zero-order valence-electron chi connectivity index (χ0n) is 24.7. The van der Waals surface area contributed by atoms with Gasteiger partial charge >= 0.3 is 5.97 Å². The number of rotatable bonds is 1. The standard InChI is InChI=1S/C32H52O5/c1-17-10-12-29(6)14-15-30(7)20(23(29)18(17)2)16-21(34)25-31(30,8)13-11-22-28(4,5)27(37-19(3)33)24(35)26(36)32(22,25)9/h16-18,21-27,34-36H,10-15H2,1-9H3/t17-,18+,21-,22+,23+,24-,25+,26-,27+,29-,30-,31-,32+/m1/s1. The van der Waals surface area contributed by atoms with Crippen molar-refractivity contribution in [3.63, 3.8) is 0 Å². The number of hydrogen-bond donors (Lipinski definition) is 3. The molecule has 0 saturated heterocycles. The number of aliphatic hydroxyl groups is 3. The molecule has 0 aromatic heterocycles. The predicted octanol–water partition coefficient (Wildman–Crippen LogP) is 5.51. The molecular weight excluding hydrogens is 464 g/mol. The van der Waals surface area contributed by atoms with Crippen molar-refractivity contribution in [1.29, 1.82) is 0 Å². The number of carbonyl (C=O) groups is 1. The number of hydrogen-bond acceptors (Lipinski definition) is 5. The molecule has 0 spiro atoms. The van der Waals surface area contributed by atoms with Gasteiger partial charge in [-0.3, -0.25) is 4.79 Å². The van der Waals surface area contributed by atoms with E-state index in [2.05, 4.69) is 61.5 Å². The summed E-state index contributed by atoms with van der Waals surface area (Å²) in [5, 5.41) is 35.3. The van der Waals surface area contributed by atoms with Crippen LogP contribution in [0, 0.1) is 56.7 Å². The molecule has 0 heterocycles. The first-order valence-electron chi connectivity index (χ1n) is 14.9. The summed E-state index contributed by atoms with van der Waals surface area (Å²) >= 11 is 0. The molecule has 5 aliphatic carbocycles. The molecular formula is C32H52O5. The van der Waals surface area contributed by atoms with Crippen LogP contribution in [0.1, 0.15) is 101 Å². The fourth-order valence-corrected chi connectivity index (χ4v) is 11.4. The molecule has 0 unspecified atom stereocenters. The van der Waals surface area contributed by atoms with Crippen LogP contribution in [0.5, 0.6) is 0 Å². The lowest BCUT2D eigenvalue weighted by molar-refractivity contribution is -0.292. The summed E-state index contributed by atoms with van der Waals surface area (Å²) in [6, 6.07) is 0. The second-order valence-electron chi connectivity index (χ2n) is 15.6. The number of esters is 1. The molecule has 13 atom stereocenters. The molecule has 210 valence electrons. The Morgan fingerprint density at radius 2 is 1.59 bits per heavy atom. The SMILES string of the molecule is CC(=O)O[C@H]1[C@H](O)[C@@H](O)[C@]2(C)[C@H]3[C@H](O)C=C4[C@@H]5[C@@H](C)[C@H](C)CC[C@]5(C)CC[C@@]4(C)[C@]3(C)CC[C@H]2C1(C)C. The van der Waals surface area contributed by atoms with E-state index in [1.807, 2.05) is 0 Å². The Hall–Kier alpha value is -0.910. The van der Waals surface area contributed by atoms with Gasteiger partial charge < -0.3 is 20.1 Å². The fourth-order valence-electron chi connectivity index (χ4n) is 11.4. The topological polar surface area (TPSA) is 87.0 Å². The first kappa shape index (κ1) is 27.6. The van der Waals surface area contributed by atoms with Crippen molar-refractivity contribution >= 4 is 5.97 Å². The minimum Gasteiger partial charge on any atom is -0.459 e. The average Bonchev–Trinajstić information content (AvgIpc) is 2.79. The molecule has 3 N–H and O–H groups in total. The van der Waals surface area contributed by atoms with Gasteiger partial charge in [0.2, 0.25) is 0 Å². The van der Waals surface area contributed by atoms with Crippen LogP contribution in [-0.2, 0) is 9.53 Å². The van der Waals surface area contributed by atoms with E-state index in [9.17, 15) is 20.1 Å². The largest absolute Gasteiger partial charge is 0.459 e. The fraction of sp³-hybridized carbons (Fsp3) is 0.906. The van der Waals surface area contributed by atoms with E-state index in [-0.39, 0.29) is 28.1 Å². The van der Waals surface area contributed by atoms with Gasteiger partial charge in [-0.1, -0.05) is 67.0 Å². The first-order valence-corrected chi connectivity index (χ1v) is 14.9. The lowest BCUT2D eigenvalue weighted by atomic mass is 9.32. The zero-order chi connectivity index (χ0) is 27.5. The summed E-state index contributed by atoms with van der Waals surface area (Å²) in [6.07, 6.45) is 5.14. The Labute approximate surface area is 224 Å². The quantitative estimate of drug-likeness (QED) is 0.316. The van der Waals surface area contributed by atoms with Crippen LogP contribution < -0.4 is 0 Å². The molecule has 0 aromatic carbocycles. The molecule has 4 saturated carbocycles. The Morgan fingerprint density at radius 1 is 0.946 bits per heavy atom. The van der Waals surface area contributed by atoms with Gasteiger partial charge in [0, 0.05) is 23.7 Å². The lowest BCUT2D eigenvalue weighted by Gasteiger charge is -2.73. The molecule has 5 nitrogen and oxygen atoms in total. The van der Waals surface area contributed by atoms with E-state index in [4.69, 9.17) is 4.74 Å². The summed E-state index contributed by atoms with van der Waals surface area (Å²) in [5.74, 6) is 1.08. The summed E-state index contributed by atoms with van der Waals surface area (Å²) < 4.78 is 5.65. The normalized spacial score (nSPS) is 56.6. The smallest absolute Gasteiger partial charge is 0.303 e. The molecule has 0 aromatic rings.